The maximum absolute atomic E-state index is 12.1. The van der Waals surface area contributed by atoms with E-state index in [0.29, 0.717) is 0 Å². The molecular weight excluding hydrogens is 378 g/mol. The summed E-state index contributed by atoms with van der Waals surface area (Å²) in [7, 11) is 1.80. The van der Waals surface area contributed by atoms with Gasteiger partial charge in [0.2, 0.25) is 0 Å². The first kappa shape index (κ1) is 19.1. The molecule has 5 rings (SSSR count). The summed E-state index contributed by atoms with van der Waals surface area (Å²) in [5.41, 5.74) is 6.08. The third-order valence-electron chi connectivity index (χ3n) is 6.07. The average molecular weight is 406 g/mol. The van der Waals surface area contributed by atoms with Crippen molar-refractivity contribution in [1.82, 2.24) is 19.6 Å². The molecule has 1 N–H and O–H groups in total. The van der Waals surface area contributed by atoms with E-state index in [4.69, 9.17) is 9.72 Å². The monoisotopic (exact) mass is 405 g/mol. The zero-order chi connectivity index (χ0) is 20.7. The summed E-state index contributed by atoms with van der Waals surface area (Å²) in [5, 5.41) is 3.48. The first-order valence-electron chi connectivity index (χ1n) is 10.6. The lowest BCUT2D eigenvalue weighted by Crippen LogP contribution is -2.35. The van der Waals surface area contributed by atoms with Gasteiger partial charge in [-0.1, -0.05) is 6.07 Å². The van der Waals surface area contributed by atoms with Crippen LogP contribution in [0.5, 0.6) is 5.75 Å². The predicted molar refractivity (Wildman–Crippen MR) is 117 cm³/mol. The minimum Gasteiger partial charge on any atom is -0.482 e. The molecule has 4 heterocycles. The van der Waals surface area contributed by atoms with E-state index < -0.39 is 0 Å². The Kier molecular flexibility index (Phi) is 4.92. The molecule has 2 aliphatic rings. The molecule has 0 unspecified atom stereocenters. The lowest BCUT2D eigenvalue weighted by molar-refractivity contribution is -0.120. The van der Waals surface area contributed by atoms with E-state index >= 15 is 0 Å². The number of hydrogen-bond acceptors (Lipinski definition) is 5. The number of nitrogens with zero attached hydrogens (tertiary/aromatic N) is 4. The number of likely N-dealkylation sites (N-methyl/N-ethyl adjacent to an activating group) is 1. The molecule has 2 aromatic heterocycles. The van der Waals surface area contributed by atoms with Crippen molar-refractivity contribution in [1.29, 1.82) is 0 Å². The van der Waals surface area contributed by atoms with E-state index in [9.17, 15) is 4.79 Å². The maximum Gasteiger partial charge on any atom is 0.264 e. The van der Waals surface area contributed by atoms with Crippen LogP contribution in [0.3, 0.4) is 0 Å². The molecule has 0 bridgehead atoms. The largest absolute Gasteiger partial charge is 0.482 e. The smallest absolute Gasteiger partial charge is 0.264 e. The number of pyridine rings is 1. The van der Waals surface area contributed by atoms with Crippen molar-refractivity contribution in [3.05, 3.63) is 47.8 Å². The second kappa shape index (κ2) is 7.74. The van der Waals surface area contributed by atoms with Crippen molar-refractivity contribution in [2.45, 2.75) is 19.9 Å². The third kappa shape index (κ3) is 3.34. The van der Waals surface area contributed by atoms with Gasteiger partial charge in [-0.3, -0.25) is 9.69 Å². The molecule has 0 radical (unpaired) electrons. The fourth-order valence-electron chi connectivity index (χ4n) is 4.33. The van der Waals surface area contributed by atoms with Crippen LogP contribution in [0.25, 0.3) is 16.9 Å². The normalized spacial score (nSPS) is 17.7. The number of carbonyl (C=O) groups excluding carboxylic acids is 1. The number of amides is 1. The Hall–Kier alpha value is -2.90. The Bertz CT molecular complexity index is 1100. The molecule has 0 spiro atoms. The summed E-state index contributed by atoms with van der Waals surface area (Å²) in [6, 6.07) is 10.2. The first-order chi connectivity index (χ1) is 14.6. The van der Waals surface area contributed by atoms with Crippen molar-refractivity contribution in [3.63, 3.8) is 0 Å². The van der Waals surface area contributed by atoms with Crippen molar-refractivity contribution in [2.75, 3.05) is 44.7 Å². The fourth-order valence-corrected chi connectivity index (χ4v) is 4.33. The Morgan fingerprint density at radius 1 is 1.20 bits per heavy atom. The number of aryl methyl sites for hydroxylation is 1. The highest BCUT2D eigenvalue weighted by molar-refractivity contribution is 5.98. The van der Waals surface area contributed by atoms with Gasteiger partial charge in [0.05, 0.1) is 17.1 Å². The molecule has 7 nitrogen and oxygen atoms in total. The highest BCUT2D eigenvalue weighted by Crippen LogP contribution is 2.36. The lowest BCUT2D eigenvalue weighted by atomic mass is 10.1. The Labute approximate surface area is 176 Å². The summed E-state index contributed by atoms with van der Waals surface area (Å²) in [5.74, 6) is 0.698. The van der Waals surface area contributed by atoms with Crippen LogP contribution in [0.1, 0.15) is 17.7 Å². The predicted octanol–water partition coefficient (Wildman–Crippen LogP) is 2.46. The van der Waals surface area contributed by atoms with Gasteiger partial charge in [-0.05, 0) is 56.3 Å². The van der Waals surface area contributed by atoms with Gasteiger partial charge in [0.25, 0.3) is 5.91 Å². The van der Waals surface area contributed by atoms with Gasteiger partial charge in [-0.2, -0.15) is 0 Å². The molecule has 1 amide bonds. The minimum atomic E-state index is -0.0391. The number of hydrogen-bond donors (Lipinski definition) is 1. The van der Waals surface area contributed by atoms with Gasteiger partial charge in [-0.25, -0.2) is 4.98 Å². The van der Waals surface area contributed by atoms with Crippen LogP contribution in [-0.4, -0.2) is 60.0 Å². The number of ether oxygens (including phenoxy) is 1. The molecular formula is C23H27N5O2. The maximum atomic E-state index is 12.1. The third-order valence-corrected chi connectivity index (χ3v) is 6.07. The van der Waals surface area contributed by atoms with Crippen molar-refractivity contribution < 1.29 is 9.53 Å². The quantitative estimate of drug-likeness (QED) is 0.725. The van der Waals surface area contributed by atoms with E-state index in [1.165, 1.54) is 5.69 Å². The molecule has 0 aliphatic carbocycles. The summed E-state index contributed by atoms with van der Waals surface area (Å²) in [4.78, 5) is 21.3. The highest BCUT2D eigenvalue weighted by atomic mass is 16.5. The molecule has 30 heavy (non-hydrogen) atoms. The van der Waals surface area contributed by atoms with Crippen molar-refractivity contribution in [3.8, 4) is 17.0 Å². The Morgan fingerprint density at radius 2 is 2.10 bits per heavy atom. The molecule has 1 saturated heterocycles. The number of nitrogens with one attached hydrogen (secondary N) is 1. The molecule has 1 fully saturated rings. The zero-order valence-corrected chi connectivity index (χ0v) is 17.5. The fraction of sp³-hybridized carbons (Fsp3) is 0.391. The number of aromatic nitrogens is 2. The van der Waals surface area contributed by atoms with Crippen LogP contribution in [0.15, 0.2) is 36.5 Å². The van der Waals surface area contributed by atoms with Crippen LogP contribution in [0, 0.1) is 6.92 Å². The van der Waals surface area contributed by atoms with E-state index in [1.807, 2.05) is 18.2 Å². The second-order valence-corrected chi connectivity index (χ2v) is 8.10. The van der Waals surface area contributed by atoms with Gasteiger partial charge >= 0.3 is 0 Å². The molecule has 0 saturated carbocycles. The molecule has 2 aliphatic heterocycles. The van der Waals surface area contributed by atoms with Gasteiger partial charge in [0.15, 0.2) is 6.61 Å². The van der Waals surface area contributed by atoms with Crippen molar-refractivity contribution >= 4 is 17.2 Å². The summed E-state index contributed by atoms with van der Waals surface area (Å²) >= 11 is 0. The van der Waals surface area contributed by atoms with Gasteiger partial charge in [-0.15, -0.1) is 0 Å². The Morgan fingerprint density at radius 3 is 3.00 bits per heavy atom. The summed E-state index contributed by atoms with van der Waals surface area (Å²) < 4.78 is 7.82. The van der Waals surface area contributed by atoms with Crippen LogP contribution in [0.2, 0.25) is 0 Å². The zero-order valence-electron chi connectivity index (χ0n) is 17.5. The highest BCUT2D eigenvalue weighted by Gasteiger charge is 2.25. The van der Waals surface area contributed by atoms with Crippen molar-refractivity contribution in [2.24, 2.45) is 0 Å². The minimum absolute atomic E-state index is 0.0391. The standard InChI is InChI=1S/C23H27N5O2/c1-16-5-3-11-28-19(14-27-10-4-8-24-9-12-27)22(25-23(16)28)17-6-7-20-18(13-17)26(2)21(29)15-30-20/h3,5-7,11,13,24H,4,8-10,12,14-15H2,1-2H3. The molecule has 0 atom stereocenters. The lowest BCUT2D eigenvalue weighted by Gasteiger charge is -2.26. The van der Waals surface area contributed by atoms with Crippen LogP contribution < -0.4 is 15.0 Å². The molecule has 3 aromatic rings. The summed E-state index contributed by atoms with van der Waals surface area (Å²) in [6.45, 7) is 7.19. The Balaban J connectivity index is 1.62. The van der Waals surface area contributed by atoms with Crippen LogP contribution in [-0.2, 0) is 11.3 Å². The van der Waals surface area contributed by atoms with Gasteiger partial charge in [0, 0.05) is 38.4 Å². The number of anilines is 1. The number of rotatable bonds is 3. The second-order valence-electron chi connectivity index (χ2n) is 8.10. The van der Waals surface area contributed by atoms with Crippen LogP contribution in [0.4, 0.5) is 5.69 Å². The number of imidazole rings is 1. The topological polar surface area (TPSA) is 62.1 Å². The summed E-state index contributed by atoms with van der Waals surface area (Å²) in [6.07, 6.45) is 3.25. The van der Waals surface area contributed by atoms with E-state index in [1.54, 1.807) is 11.9 Å². The average Bonchev–Trinajstić information content (AvgIpc) is 2.93. The van der Waals surface area contributed by atoms with E-state index in [2.05, 4.69) is 39.9 Å². The van der Waals surface area contributed by atoms with E-state index in [-0.39, 0.29) is 12.5 Å². The van der Waals surface area contributed by atoms with Gasteiger partial charge < -0.3 is 19.4 Å². The SMILES string of the molecule is Cc1cccn2c(CN3CCCNCC3)c(-c3ccc4c(c3)N(C)C(=O)CO4)nc12. The molecule has 7 heteroatoms. The molecule has 1 aromatic carbocycles. The number of carbonyl (C=O) groups is 1. The van der Waals surface area contributed by atoms with E-state index in [0.717, 1.165) is 73.0 Å². The number of benzene rings is 1. The van der Waals surface area contributed by atoms with Crippen LogP contribution >= 0.6 is 0 Å². The number of fused-ring (bicyclic) bond motifs is 2. The molecule has 156 valence electrons. The van der Waals surface area contributed by atoms with Gasteiger partial charge in [0.1, 0.15) is 11.4 Å². The first-order valence-corrected chi connectivity index (χ1v) is 10.6.